The molecule has 0 bridgehead atoms. The molecule has 0 saturated carbocycles. The summed E-state index contributed by atoms with van der Waals surface area (Å²) >= 11 is 5.84. The van der Waals surface area contributed by atoms with Gasteiger partial charge in [0.15, 0.2) is 0 Å². The van der Waals surface area contributed by atoms with Gasteiger partial charge in [0.25, 0.3) is 0 Å². The van der Waals surface area contributed by atoms with Crippen LogP contribution in [0.5, 0.6) is 5.75 Å². The summed E-state index contributed by atoms with van der Waals surface area (Å²) in [6.45, 7) is 1.74. The molecule has 0 saturated heterocycles. The van der Waals surface area contributed by atoms with Crippen LogP contribution in [0.4, 0.5) is 4.39 Å². The van der Waals surface area contributed by atoms with Gasteiger partial charge in [-0.2, -0.15) is 8.42 Å². The van der Waals surface area contributed by atoms with E-state index in [-0.39, 0.29) is 10.6 Å². The second kappa shape index (κ2) is 5.19. The van der Waals surface area contributed by atoms with Crippen molar-refractivity contribution in [1.82, 2.24) is 0 Å². The summed E-state index contributed by atoms with van der Waals surface area (Å²) in [4.78, 5) is -0.110. The molecule has 0 atom stereocenters. The van der Waals surface area contributed by atoms with Crippen molar-refractivity contribution in [2.75, 3.05) is 0 Å². The molecule has 2 aromatic carbocycles. The average molecular weight is 301 g/mol. The molecule has 100 valence electrons. The molecule has 0 aliphatic carbocycles. The van der Waals surface area contributed by atoms with Crippen molar-refractivity contribution in [2.45, 2.75) is 11.8 Å². The van der Waals surface area contributed by atoms with Crippen molar-refractivity contribution in [2.24, 2.45) is 0 Å². The van der Waals surface area contributed by atoms with Gasteiger partial charge in [0, 0.05) is 5.02 Å². The lowest BCUT2D eigenvalue weighted by Crippen LogP contribution is -2.09. The van der Waals surface area contributed by atoms with Crippen molar-refractivity contribution in [1.29, 1.82) is 0 Å². The third kappa shape index (κ3) is 3.24. The Bertz CT molecular complexity index is 696. The number of hydrogen-bond acceptors (Lipinski definition) is 3. The van der Waals surface area contributed by atoms with E-state index in [1.54, 1.807) is 13.0 Å². The van der Waals surface area contributed by atoms with Gasteiger partial charge >= 0.3 is 10.1 Å². The summed E-state index contributed by atoms with van der Waals surface area (Å²) in [5, 5.41) is 0.520. The molecule has 0 fully saturated rings. The van der Waals surface area contributed by atoms with Gasteiger partial charge in [-0.3, -0.25) is 0 Å². The number of benzene rings is 2. The van der Waals surface area contributed by atoms with Gasteiger partial charge in [-0.05, 0) is 55.0 Å². The molecular formula is C13H10ClFO3S. The summed E-state index contributed by atoms with van der Waals surface area (Å²) < 4.78 is 41.6. The molecule has 3 nitrogen and oxygen atoms in total. The zero-order valence-electron chi connectivity index (χ0n) is 9.93. The van der Waals surface area contributed by atoms with Crippen LogP contribution in [-0.2, 0) is 10.1 Å². The molecule has 0 heterocycles. The summed E-state index contributed by atoms with van der Waals surface area (Å²) in [6.07, 6.45) is 0. The summed E-state index contributed by atoms with van der Waals surface area (Å²) in [6, 6.07) is 8.93. The number of hydrogen-bond donors (Lipinski definition) is 0. The van der Waals surface area contributed by atoms with Crippen LogP contribution < -0.4 is 4.18 Å². The van der Waals surface area contributed by atoms with Crippen molar-refractivity contribution < 1.29 is 17.0 Å². The molecule has 0 amide bonds. The standard InChI is InChI=1S/C13H10ClFO3S/c1-9-8-11(4-7-13(9)14)18-19(16,17)12-5-2-10(15)3-6-12/h2-8H,1H3. The van der Waals surface area contributed by atoms with Crippen molar-refractivity contribution in [3.8, 4) is 5.75 Å². The third-order valence-electron chi connectivity index (χ3n) is 2.44. The molecule has 0 aliphatic heterocycles. The fourth-order valence-corrected chi connectivity index (χ4v) is 2.49. The summed E-state index contributed by atoms with van der Waals surface area (Å²) in [7, 11) is -3.97. The van der Waals surface area contributed by atoms with E-state index < -0.39 is 15.9 Å². The molecular weight excluding hydrogens is 291 g/mol. The van der Waals surface area contributed by atoms with E-state index in [2.05, 4.69) is 0 Å². The maximum absolute atomic E-state index is 12.7. The van der Waals surface area contributed by atoms with Crippen LogP contribution in [0, 0.1) is 12.7 Å². The monoisotopic (exact) mass is 300 g/mol. The minimum atomic E-state index is -3.97. The van der Waals surface area contributed by atoms with E-state index in [4.69, 9.17) is 15.8 Å². The highest BCUT2D eigenvalue weighted by molar-refractivity contribution is 7.87. The van der Waals surface area contributed by atoms with Crippen LogP contribution in [0.3, 0.4) is 0 Å². The first-order valence-corrected chi connectivity index (χ1v) is 7.13. The maximum Gasteiger partial charge on any atom is 0.339 e. The van der Waals surface area contributed by atoms with Crippen LogP contribution in [0.1, 0.15) is 5.56 Å². The van der Waals surface area contributed by atoms with E-state index in [0.29, 0.717) is 10.6 Å². The average Bonchev–Trinajstić information content (AvgIpc) is 2.34. The van der Waals surface area contributed by atoms with Gasteiger partial charge in [0.05, 0.1) is 0 Å². The SMILES string of the molecule is Cc1cc(OS(=O)(=O)c2ccc(F)cc2)ccc1Cl. The number of rotatable bonds is 3. The van der Waals surface area contributed by atoms with E-state index >= 15 is 0 Å². The Hall–Kier alpha value is -1.59. The van der Waals surface area contributed by atoms with Gasteiger partial charge in [0.1, 0.15) is 16.5 Å². The van der Waals surface area contributed by atoms with E-state index in [1.807, 2.05) is 0 Å². The Balaban J connectivity index is 2.30. The topological polar surface area (TPSA) is 43.4 Å². The molecule has 0 N–H and O–H groups in total. The summed E-state index contributed by atoms with van der Waals surface area (Å²) in [5.41, 5.74) is 0.702. The zero-order valence-corrected chi connectivity index (χ0v) is 11.5. The lowest BCUT2D eigenvalue weighted by Gasteiger charge is -2.08. The quantitative estimate of drug-likeness (QED) is 0.814. The first kappa shape index (κ1) is 13.8. The fourth-order valence-electron chi connectivity index (χ4n) is 1.45. The largest absolute Gasteiger partial charge is 0.379 e. The Kier molecular flexibility index (Phi) is 3.78. The highest BCUT2D eigenvalue weighted by Gasteiger charge is 2.16. The lowest BCUT2D eigenvalue weighted by molar-refractivity contribution is 0.485. The minimum absolute atomic E-state index is 0.110. The molecule has 2 rings (SSSR count). The van der Waals surface area contributed by atoms with Crippen LogP contribution in [0.15, 0.2) is 47.4 Å². The summed E-state index contributed by atoms with van der Waals surface area (Å²) in [5.74, 6) is -0.354. The smallest absolute Gasteiger partial charge is 0.339 e. The molecule has 0 unspecified atom stereocenters. The van der Waals surface area contributed by atoms with Gasteiger partial charge in [-0.25, -0.2) is 4.39 Å². The van der Waals surface area contributed by atoms with E-state index in [1.165, 1.54) is 12.1 Å². The first-order chi connectivity index (χ1) is 8.88. The van der Waals surface area contributed by atoms with Crippen LogP contribution >= 0.6 is 11.6 Å². The van der Waals surface area contributed by atoms with Gasteiger partial charge in [0.2, 0.25) is 0 Å². The Morgan fingerprint density at radius 2 is 1.74 bits per heavy atom. The predicted octanol–water partition coefficient (Wildman–Crippen LogP) is 3.56. The Morgan fingerprint density at radius 1 is 1.11 bits per heavy atom. The number of aryl methyl sites for hydroxylation is 1. The molecule has 0 radical (unpaired) electrons. The highest BCUT2D eigenvalue weighted by atomic mass is 35.5. The van der Waals surface area contributed by atoms with Gasteiger partial charge < -0.3 is 4.18 Å². The molecule has 0 aromatic heterocycles. The predicted molar refractivity (Wildman–Crippen MR) is 70.4 cm³/mol. The molecule has 6 heteroatoms. The van der Waals surface area contributed by atoms with Crippen molar-refractivity contribution in [3.05, 3.63) is 58.9 Å². The van der Waals surface area contributed by atoms with Crippen molar-refractivity contribution >= 4 is 21.7 Å². The lowest BCUT2D eigenvalue weighted by atomic mass is 10.2. The molecule has 2 aromatic rings. The normalized spacial score (nSPS) is 11.3. The number of halogens is 2. The second-order valence-corrected chi connectivity index (χ2v) is 5.86. The third-order valence-corrected chi connectivity index (χ3v) is 4.12. The van der Waals surface area contributed by atoms with Crippen LogP contribution in [0.25, 0.3) is 0 Å². The molecule has 0 aliphatic rings. The van der Waals surface area contributed by atoms with Crippen molar-refractivity contribution in [3.63, 3.8) is 0 Å². The second-order valence-electron chi connectivity index (χ2n) is 3.90. The zero-order chi connectivity index (χ0) is 14.0. The molecule has 0 spiro atoms. The van der Waals surface area contributed by atoms with Gasteiger partial charge in [-0.1, -0.05) is 11.6 Å². The Morgan fingerprint density at radius 3 is 2.32 bits per heavy atom. The Labute approximate surface area is 115 Å². The van der Waals surface area contributed by atoms with E-state index in [0.717, 1.165) is 24.3 Å². The first-order valence-electron chi connectivity index (χ1n) is 5.35. The highest BCUT2D eigenvalue weighted by Crippen LogP contribution is 2.24. The van der Waals surface area contributed by atoms with Crippen LogP contribution in [0.2, 0.25) is 5.02 Å². The molecule has 19 heavy (non-hydrogen) atoms. The van der Waals surface area contributed by atoms with Crippen LogP contribution in [-0.4, -0.2) is 8.42 Å². The van der Waals surface area contributed by atoms with Gasteiger partial charge in [-0.15, -0.1) is 0 Å². The minimum Gasteiger partial charge on any atom is -0.379 e. The maximum atomic E-state index is 12.7. The fraction of sp³-hybridized carbons (Fsp3) is 0.0769. The van der Waals surface area contributed by atoms with E-state index in [9.17, 15) is 12.8 Å².